The smallest absolute Gasteiger partial charge is 0.407 e. The molecular formula is C26H26N2O6. The molecule has 0 bridgehead atoms. The van der Waals surface area contributed by atoms with Gasteiger partial charge in [0.2, 0.25) is 5.91 Å². The van der Waals surface area contributed by atoms with Gasteiger partial charge in [-0.05, 0) is 28.7 Å². The average Bonchev–Trinajstić information content (AvgIpc) is 3.44. The number of rotatable bonds is 8. The van der Waals surface area contributed by atoms with Crippen molar-refractivity contribution in [3.8, 4) is 23.5 Å². The van der Waals surface area contributed by atoms with Gasteiger partial charge in [-0.25, -0.2) is 9.59 Å². The lowest BCUT2D eigenvalue weighted by molar-refractivity contribution is -0.143. The Bertz CT molecular complexity index is 1080. The molecule has 4 rings (SSSR count). The Morgan fingerprint density at radius 2 is 1.76 bits per heavy atom. The summed E-state index contributed by atoms with van der Waals surface area (Å²) in [5.41, 5.74) is 4.54. The molecule has 8 nitrogen and oxygen atoms in total. The van der Waals surface area contributed by atoms with Crippen molar-refractivity contribution < 1.29 is 29.0 Å². The molecule has 2 aromatic carbocycles. The van der Waals surface area contributed by atoms with Crippen molar-refractivity contribution in [1.29, 1.82) is 0 Å². The Morgan fingerprint density at radius 1 is 1.12 bits per heavy atom. The Morgan fingerprint density at radius 3 is 2.38 bits per heavy atom. The first-order chi connectivity index (χ1) is 16.5. The first-order valence-electron chi connectivity index (χ1n) is 11.2. The zero-order valence-corrected chi connectivity index (χ0v) is 18.5. The molecule has 1 heterocycles. The highest BCUT2D eigenvalue weighted by molar-refractivity contribution is 5.87. The molecule has 2 amide bonds. The number of carbonyl (C=O) groups excluding carboxylic acids is 2. The normalized spacial score (nSPS) is 19.4. The lowest BCUT2D eigenvalue weighted by Crippen LogP contribution is -2.48. The highest BCUT2D eigenvalue weighted by Gasteiger charge is 2.36. The summed E-state index contributed by atoms with van der Waals surface area (Å²) in [4.78, 5) is 36.2. The second kappa shape index (κ2) is 10.4. The Balaban J connectivity index is 1.31. The fourth-order valence-corrected chi connectivity index (χ4v) is 4.57. The molecule has 0 spiro atoms. The van der Waals surface area contributed by atoms with Crippen LogP contribution in [0.4, 0.5) is 4.79 Å². The molecular weight excluding hydrogens is 436 g/mol. The number of benzene rings is 2. The summed E-state index contributed by atoms with van der Waals surface area (Å²) in [6, 6.07) is 15.0. The van der Waals surface area contributed by atoms with E-state index < -0.39 is 30.1 Å². The third-order valence-electron chi connectivity index (χ3n) is 6.26. The number of fused-ring (bicyclic) bond motifs is 3. The van der Waals surface area contributed by atoms with Gasteiger partial charge in [-0.1, -0.05) is 48.5 Å². The molecule has 8 heteroatoms. The summed E-state index contributed by atoms with van der Waals surface area (Å²) in [6.45, 7) is 0.695. The minimum atomic E-state index is -1.21. The maximum Gasteiger partial charge on any atom is 0.407 e. The number of carboxylic acids is 1. The van der Waals surface area contributed by atoms with Gasteiger partial charge in [-0.3, -0.25) is 4.79 Å². The van der Waals surface area contributed by atoms with Crippen LogP contribution in [0.25, 0.3) is 11.1 Å². The molecule has 34 heavy (non-hydrogen) atoms. The molecule has 1 unspecified atom stereocenters. The summed E-state index contributed by atoms with van der Waals surface area (Å²) in [7, 11) is 0. The Kier molecular flexibility index (Phi) is 7.14. The molecule has 3 N–H and O–H groups in total. The van der Waals surface area contributed by atoms with Gasteiger partial charge in [-0.2, -0.15) is 0 Å². The number of amides is 2. The molecule has 2 aliphatic rings. The molecule has 1 aliphatic carbocycles. The van der Waals surface area contributed by atoms with Crippen molar-refractivity contribution in [1.82, 2.24) is 10.6 Å². The second-order valence-electron chi connectivity index (χ2n) is 8.35. The number of carboxylic acid groups (broad SMARTS) is 1. The maximum atomic E-state index is 12.5. The van der Waals surface area contributed by atoms with Gasteiger partial charge in [-0.15, -0.1) is 12.3 Å². The number of alkyl carbamates (subject to hydrolysis) is 1. The van der Waals surface area contributed by atoms with Crippen LogP contribution in [0.1, 0.15) is 29.9 Å². The van der Waals surface area contributed by atoms with Gasteiger partial charge in [0, 0.05) is 31.4 Å². The van der Waals surface area contributed by atoms with E-state index in [0.717, 1.165) is 22.3 Å². The standard InChI is InChI=1S/C26H26N2O6/c1-2-7-22(25(30)31)28-24(29)23-16(12-13-33-23)14-27-26(32)34-15-21-19-10-5-3-8-17(19)18-9-4-6-11-20(18)21/h1,3-6,8-11,16,21-23H,7,12-15H2,(H,27,32)(H,28,29)(H,30,31)/t16-,22?,23-/m1/s1. The number of ether oxygens (including phenoxy) is 2. The predicted molar refractivity (Wildman–Crippen MR) is 124 cm³/mol. The van der Waals surface area contributed by atoms with Crippen LogP contribution in [0.3, 0.4) is 0 Å². The second-order valence-corrected chi connectivity index (χ2v) is 8.35. The summed E-state index contributed by atoms with van der Waals surface area (Å²) in [5.74, 6) is 0.119. The molecule has 2 aromatic rings. The van der Waals surface area contributed by atoms with Crippen LogP contribution in [-0.4, -0.2) is 55.0 Å². The highest BCUT2D eigenvalue weighted by atomic mass is 16.5. The Hall–Kier alpha value is -3.83. The fraction of sp³-hybridized carbons (Fsp3) is 0.346. The van der Waals surface area contributed by atoms with Gasteiger partial charge in [0.25, 0.3) is 0 Å². The zero-order valence-electron chi connectivity index (χ0n) is 18.5. The van der Waals surface area contributed by atoms with Crippen LogP contribution in [-0.2, 0) is 19.1 Å². The number of nitrogens with one attached hydrogen (secondary N) is 2. The lowest BCUT2D eigenvalue weighted by Gasteiger charge is -2.21. The molecule has 1 aliphatic heterocycles. The molecule has 176 valence electrons. The summed E-state index contributed by atoms with van der Waals surface area (Å²) in [6.07, 6.45) is 4.15. The summed E-state index contributed by atoms with van der Waals surface area (Å²) >= 11 is 0. The van der Waals surface area contributed by atoms with Gasteiger partial charge in [0.05, 0.1) is 0 Å². The van der Waals surface area contributed by atoms with Crippen molar-refractivity contribution in [3.05, 3.63) is 59.7 Å². The van der Waals surface area contributed by atoms with Crippen molar-refractivity contribution in [3.63, 3.8) is 0 Å². The maximum absolute atomic E-state index is 12.5. The number of aliphatic carboxylic acids is 1. The minimum Gasteiger partial charge on any atom is -0.480 e. The van der Waals surface area contributed by atoms with Crippen LogP contribution < -0.4 is 10.6 Å². The van der Waals surface area contributed by atoms with Crippen molar-refractivity contribution in [2.75, 3.05) is 19.8 Å². The first kappa shape index (κ1) is 23.3. The average molecular weight is 463 g/mol. The van der Waals surface area contributed by atoms with E-state index in [1.807, 2.05) is 36.4 Å². The fourth-order valence-electron chi connectivity index (χ4n) is 4.57. The van der Waals surface area contributed by atoms with E-state index in [2.05, 4.69) is 28.7 Å². The van der Waals surface area contributed by atoms with E-state index in [1.54, 1.807) is 0 Å². The van der Waals surface area contributed by atoms with Crippen LogP contribution in [0.5, 0.6) is 0 Å². The van der Waals surface area contributed by atoms with Gasteiger partial charge in [0.15, 0.2) is 0 Å². The van der Waals surface area contributed by atoms with Crippen LogP contribution in [0.15, 0.2) is 48.5 Å². The molecule has 0 saturated carbocycles. The summed E-state index contributed by atoms with van der Waals surface area (Å²) < 4.78 is 11.0. The van der Waals surface area contributed by atoms with Crippen molar-refractivity contribution in [2.45, 2.75) is 30.9 Å². The zero-order chi connectivity index (χ0) is 24.1. The van der Waals surface area contributed by atoms with Crippen LogP contribution >= 0.6 is 0 Å². The molecule has 0 radical (unpaired) electrons. The van der Waals surface area contributed by atoms with Crippen LogP contribution in [0, 0.1) is 18.3 Å². The van der Waals surface area contributed by atoms with Crippen molar-refractivity contribution in [2.24, 2.45) is 5.92 Å². The molecule has 0 aromatic heterocycles. The van der Waals surface area contributed by atoms with Gasteiger partial charge >= 0.3 is 12.1 Å². The van der Waals surface area contributed by atoms with Crippen LogP contribution in [0.2, 0.25) is 0 Å². The number of terminal acetylenes is 1. The van der Waals surface area contributed by atoms with E-state index in [1.165, 1.54) is 0 Å². The minimum absolute atomic E-state index is 0.0457. The summed E-state index contributed by atoms with van der Waals surface area (Å²) in [5, 5.41) is 14.3. The van der Waals surface area contributed by atoms with Gasteiger partial charge < -0.3 is 25.2 Å². The monoisotopic (exact) mass is 462 g/mol. The Labute approximate surface area is 197 Å². The SMILES string of the molecule is C#CCC(NC(=O)[C@@H]1OCC[C@@H]1CNC(=O)OCC1c2ccccc2-c2ccccc21)C(=O)O. The third-order valence-corrected chi connectivity index (χ3v) is 6.26. The first-order valence-corrected chi connectivity index (χ1v) is 11.2. The van der Waals surface area contributed by atoms with E-state index in [4.69, 9.17) is 15.9 Å². The molecule has 3 atom stereocenters. The number of hydrogen-bond acceptors (Lipinski definition) is 5. The van der Waals surface area contributed by atoms with E-state index in [-0.39, 0.29) is 31.4 Å². The quantitative estimate of drug-likeness (QED) is 0.520. The predicted octanol–water partition coefficient (Wildman–Crippen LogP) is 2.52. The van der Waals surface area contributed by atoms with Gasteiger partial charge in [0.1, 0.15) is 18.8 Å². The topological polar surface area (TPSA) is 114 Å². The van der Waals surface area contributed by atoms with E-state index in [0.29, 0.717) is 13.0 Å². The van der Waals surface area contributed by atoms with E-state index in [9.17, 15) is 19.5 Å². The highest BCUT2D eigenvalue weighted by Crippen LogP contribution is 2.44. The lowest BCUT2D eigenvalue weighted by atomic mass is 9.98. The number of hydrogen-bond donors (Lipinski definition) is 3. The largest absolute Gasteiger partial charge is 0.480 e. The third kappa shape index (κ3) is 4.90. The molecule has 1 fully saturated rings. The van der Waals surface area contributed by atoms with E-state index >= 15 is 0 Å². The van der Waals surface area contributed by atoms with Crippen molar-refractivity contribution >= 4 is 18.0 Å². The molecule has 1 saturated heterocycles. The number of carbonyl (C=O) groups is 3.